The van der Waals surface area contributed by atoms with Crippen LogP contribution in [0.1, 0.15) is 44.2 Å². The van der Waals surface area contributed by atoms with E-state index in [1.165, 1.54) is 24.3 Å². The molecule has 1 atom stereocenters. The molecule has 0 aromatic heterocycles. The van der Waals surface area contributed by atoms with Crippen LogP contribution in [-0.4, -0.2) is 23.0 Å². The van der Waals surface area contributed by atoms with Gasteiger partial charge in [0.25, 0.3) is 5.69 Å². The summed E-state index contributed by atoms with van der Waals surface area (Å²) in [4.78, 5) is 10.6. The molecule has 0 aliphatic carbocycles. The molecule has 1 saturated heterocycles. The molecule has 5 heteroatoms. The van der Waals surface area contributed by atoms with Crippen molar-refractivity contribution in [2.75, 3.05) is 18.1 Å². The quantitative estimate of drug-likeness (QED) is 0.607. The zero-order chi connectivity index (χ0) is 15.1. The third kappa shape index (κ3) is 5.00. The first-order valence-electron chi connectivity index (χ1n) is 7.76. The molecule has 1 unspecified atom stereocenters. The highest BCUT2D eigenvalue weighted by Gasteiger charge is 2.18. The Kier molecular flexibility index (Phi) is 6.51. The Hall–Kier alpha value is -1.07. The molecule has 1 heterocycles. The largest absolute Gasteiger partial charge is 0.310 e. The van der Waals surface area contributed by atoms with Crippen LogP contribution in [0.5, 0.6) is 0 Å². The van der Waals surface area contributed by atoms with Crippen LogP contribution >= 0.6 is 11.8 Å². The van der Waals surface area contributed by atoms with Crippen LogP contribution in [0, 0.1) is 16.0 Å². The van der Waals surface area contributed by atoms with Crippen molar-refractivity contribution >= 4 is 17.4 Å². The maximum Gasteiger partial charge on any atom is 0.269 e. The first kappa shape index (κ1) is 16.3. The minimum Gasteiger partial charge on any atom is -0.310 e. The maximum atomic E-state index is 10.9. The Morgan fingerprint density at radius 2 is 2.19 bits per heavy atom. The van der Waals surface area contributed by atoms with E-state index >= 15 is 0 Å². The van der Waals surface area contributed by atoms with Gasteiger partial charge in [-0.05, 0) is 48.8 Å². The fourth-order valence-electron chi connectivity index (χ4n) is 2.79. The molecule has 0 spiro atoms. The molecular formula is C16H24N2O2S. The Morgan fingerprint density at radius 3 is 2.86 bits per heavy atom. The molecule has 1 aromatic rings. The van der Waals surface area contributed by atoms with Crippen LogP contribution in [-0.2, 0) is 0 Å². The van der Waals surface area contributed by atoms with Gasteiger partial charge >= 0.3 is 0 Å². The molecule has 1 N–H and O–H groups in total. The van der Waals surface area contributed by atoms with Gasteiger partial charge in [-0.25, -0.2) is 0 Å². The highest BCUT2D eigenvalue weighted by molar-refractivity contribution is 7.99. The van der Waals surface area contributed by atoms with E-state index in [0.29, 0.717) is 0 Å². The predicted octanol–water partition coefficient (Wildman–Crippen LogP) is 4.17. The van der Waals surface area contributed by atoms with Crippen LogP contribution < -0.4 is 5.32 Å². The molecule has 0 amide bonds. The van der Waals surface area contributed by atoms with E-state index < -0.39 is 0 Å². The molecule has 1 aliphatic heterocycles. The van der Waals surface area contributed by atoms with E-state index in [1.807, 2.05) is 17.8 Å². The maximum absolute atomic E-state index is 10.9. The summed E-state index contributed by atoms with van der Waals surface area (Å²) in [5.74, 6) is 3.28. The first-order valence-corrected chi connectivity index (χ1v) is 8.91. The number of non-ortho nitro benzene ring substituents is 1. The molecule has 21 heavy (non-hydrogen) atoms. The van der Waals surface area contributed by atoms with E-state index in [1.54, 1.807) is 18.2 Å². The van der Waals surface area contributed by atoms with Gasteiger partial charge in [-0.1, -0.05) is 25.5 Å². The number of thioether (sulfide) groups is 1. The number of benzene rings is 1. The molecule has 1 aliphatic rings. The van der Waals surface area contributed by atoms with E-state index in [0.717, 1.165) is 30.9 Å². The zero-order valence-electron chi connectivity index (χ0n) is 12.6. The van der Waals surface area contributed by atoms with Gasteiger partial charge in [0.15, 0.2) is 0 Å². The average Bonchev–Trinajstić information content (AvgIpc) is 2.52. The normalized spacial score (nSPS) is 17.6. The molecule has 0 saturated carbocycles. The van der Waals surface area contributed by atoms with Crippen molar-refractivity contribution in [1.29, 1.82) is 0 Å². The second-order valence-electron chi connectivity index (χ2n) is 5.66. The predicted molar refractivity (Wildman–Crippen MR) is 88.8 cm³/mol. The summed E-state index contributed by atoms with van der Waals surface area (Å²) >= 11 is 2.04. The molecule has 4 nitrogen and oxygen atoms in total. The third-order valence-electron chi connectivity index (χ3n) is 4.05. The lowest BCUT2D eigenvalue weighted by molar-refractivity contribution is -0.384. The fourth-order valence-corrected chi connectivity index (χ4v) is 3.99. The van der Waals surface area contributed by atoms with Crippen LogP contribution in [0.25, 0.3) is 0 Å². The monoisotopic (exact) mass is 308 g/mol. The number of rotatable bonds is 7. The van der Waals surface area contributed by atoms with E-state index in [-0.39, 0.29) is 16.7 Å². The third-order valence-corrected chi connectivity index (χ3v) is 5.10. The number of hydrogen-bond donors (Lipinski definition) is 1. The minimum absolute atomic E-state index is 0.185. The summed E-state index contributed by atoms with van der Waals surface area (Å²) in [6.07, 6.45) is 4.65. The smallest absolute Gasteiger partial charge is 0.269 e. The number of nitro benzene ring substituents is 1. The number of nitrogens with zero attached hydrogens (tertiary/aromatic N) is 1. The standard InChI is InChI=1S/C16H24N2O2S/c1-2-4-16(17-12-13-7-9-21-10-8-13)14-5-3-6-15(11-14)18(19)20/h3,5-6,11,13,16-17H,2,4,7-10,12H2,1H3. The highest BCUT2D eigenvalue weighted by atomic mass is 32.2. The van der Waals surface area contributed by atoms with Crippen molar-refractivity contribution in [3.8, 4) is 0 Å². The molecule has 2 rings (SSSR count). The molecule has 116 valence electrons. The van der Waals surface area contributed by atoms with E-state index in [2.05, 4.69) is 12.2 Å². The Bertz CT molecular complexity index is 461. The second-order valence-corrected chi connectivity index (χ2v) is 6.88. The van der Waals surface area contributed by atoms with Gasteiger partial charge in [-0.2, -0.15) is 11.8 Å². The average molecular weight is 308 g/mol. The van der Waals surface area contributed by atoms with Crippen LogP contribution in [0.2, 0.25) is 0 Å². The van der Waals surface area contributed by atoms with Crippen LogP contribution in [0.3, 0.4) is 0 Å². The van der Waals surface area contributed by atoms with Crippen molar-refractivity contribution in [2.45, 2.75) is 38.6 Å². The molecular weight excluding hydrogens is 284 g/mol. The van der Waals surface area contributed by atoms with Crippen molar-refractivity contribution in [2.24, 2.45) is 5.92 Å². The van der Waals surface area contributed by atoms with Crippen LogP contribution in [0.4, 0.5) is 5.69 Å². The summed E-state index contributed by atoms with van der Waals surface area (Å²) in [5, 5.41) is 14.6. The lowest BCUT2D eigenvalue weighted by Crippen LogP contribution is -2.29. The molecule has 0 bridgehead atoms. The Morgan fingerprint density at radius 1 is 1.43 bits per heavy atom. The number of hydrogen-bond acceptors (Lipinski definition) is 4. The summed E-state index contributed by atoms with van der Waals surface area (Å²) < 4.78 is 0. The Labute approximate surface area is 130 Å². The summed E-state index contributed by atoms with van der Waals surface area (Å²) in [6, 6.07) is 7.28. The second kappa shape index (κ2) is 8.39. The van der Waals surface area contributed by atoms with Crippen molar-refractivity contribution in [3.05, 3.63) is 39.9 Å². The number of nitrogens with one attached hydrogen (secondary N) is 1. The van der Waals surface area contributed by atoms with Crippen molar-refractivity contribution < 1.29 is 4.92 Å². The molecule has 0 radical (unpaired) electrons. The first-order chi connectivity index (χ1) is 10.2. The minimum atomic E-state index is -0.315. The van der Waals surface area contributed by atoms with Gasteiger partial charge in [0.1, 0.15) is 0 Å². The van der Waals surface area contributed by atoms with Gasteiger partial charge < -0.3 is 5.32 Å². The van der Waals surface area contributed by atoms with Gasteiger partial charge in [0, 0.05) is 18.2 Å². The lowest BCUT2D eigenvalue weighted by Gasteiger charge is -2.25. The molecule has 1 aromatic carbocycles. The highest BCUT2D eigenvalue weighted by Crippen LogP contribution is 2.26. The fraction of sp³-hybridized carbons (Fsp3) is 0.625. The molecule has 1 fully saturated rings. The summed E-state index contributed by atoms with van der Waals surface area (Å²) in [6.45, 7) is 3.18. The van der Waals surface area contributed by atoms with Gasteiger partial charge in [0.05, 0.1) is 4.92 Å². The summed E-state index contributed by atoms with van der Waals surface area (Å²) in [5.41, 5.74) is 1.22. The Balaban J connectivity index is 2.00. The van der Waals surface area contributed by atoms with Crippen LogP contribution in [0.15, 0.2) is 24.3 Å². The number of nitro groups is 1. The SMILES string of the molecule is CCCC(NCC1CCSCC1)c1cccc([N+](=O)[O-])c1. The van der Waals surface area contributed by atoms with Gasteiger partial charge in [-0.15, -0.1) is 0 Å². The van der Waals surface area contributed by atoms with E-state index in [9.17, 15) is 10.1 Å². The lowest BCUT2D eigenvalue weighted by atomic mass is 9.98. The van der Waals surface area contributed by atoms with Crippen molar-refractivity contribution in [1.82, 2.24) is 5.32 Å². The zero-order valence-corrected chi connectivity index (χ0v) is 13.4. The van der Waals surface area contributed by atoms with Crippen molar-refractivity contribution in [3.63, 3.8) is 0 Å². The van der Waals surface area contributed by atoms with Gasteiger partial charge in [-0.3, -0.25) is 10.1 Å². The topological polar surface area (TPSA) is 55.2 Å². The summed E-state index contributed by atoms with van der Waals surface area (Å²) in [7, 11) is 0. The van der Waals surface area contributed by atoms with Gasteiger partial charge in [0.2, 0.25) is 0 Å². The van der Waals surface area contributed by atoms with E-state index in [4.69, 9.17) is 0 Å².